The molecule has 1 amide bonds. The van der Waals surface area contributed by atoms with Crippen molar-refractivity contribution in [2.45, 2.75) is 27.2 Å². The Balaban J connectivity index is 1.86. The van der Waals surface area contributed by atoms with Crippen LogP contribution in [0.1, 0.15) is 26.7 Å². The molecule has 0 saturated carbocycles. The van der Waals surface area contributed by atoms with E-state index in [0.717, 1.165) is 4.88 Å². The van der Waals surface area contributed by atoms with Crippen molar-refractivity contribution in [2.24, 2.45) is 5.41 Å². The molecule has 6 heteroatoms. The first-order chi connectivity index (χ1) is 8.97. The Kier molecular flexibility index (Phi) is 3.99. The van der Waals surface area contributed by atoms with Gasteiger partial charge in [0, 0.05) is 18.4 Å². The molecule has 0 aromatic carbocycles. The van der Waals surface area contributed by atoms with E-state index in [1.165, 1.54) is 0 Å². The molecule has 0 aliphatic heterocycles. The smallest absolute Gasteiger partial charge is 0.257 e. The number of amides is 1. The number of nitrogens with one attached hydrogen (secondary N) is 1. The Labute approximate surface area is 116 Å². The Hall–Kier alpha value is -1.69. The zero-order valence-electron chi connectivity index (χ0n) is 11.3. The lowest BCUT2D eigenvalue weighted by Crippen LogP contribution is -2.35. The van der Waals surface area contributed by atoms with Gasteiger partial charge in [-0.2, -0.15) is 0 Å². The number of rotatable bonds is 4. The van der Waals surface area contributed by atoms with Crippen LogP contribution in [-0.2, 0) is 11.2 Å². The van der Waals surface area contributed by atoms with E-state index in [1.54, 1.807) is 11.3 Å². The molecule has 19 heavy (non-hydrogen) atoms. The van der Waals surface area contributed by atoms with Gasteiger partial charge in [-0.1, -0.05) is 26.8 Å². The quantitative estimate of drug-likeness (QED) is 0.933. The minimum absolute atomic E-state index is 0.0190. The number of hydrogen-bond acceptors (Lipinski definition) is 5. The molecule has 0 spiro atoms. The van der Waals surface area contributed by atoms with Gasteiger partial charge in [-0.25, -0.2) is 0 Å². The lowest BCUT2D eigenvalue weighted by atomic mass is 9.96. The number of thiophene rings is 1. The van der Waals surface area contributed by atoms with E-state index in [2.05, 4.69) is 15.5 Å². The zero-order chi connectivity index (χ0) is 13.9. The highest BCUT2D eigenvalue weighted by Gasteiger charge is 2.20. The molecule has 0 radical (unpaired) electrons. The van der Waals surface area contributed by atoms with Gasteiger partial charge in [0.05, 0.1) is 4.88 Å². The van der Waals surface area contributed by atoms with Gasteiger partial charge >= 0.3 is 0 Å². The number of carbonyl (C=O) groups is 1. The van der Waals surface area contributed by atoms with Gasteiger partial charge < -0.3 is 9.73 Å². The Morgan fingerprint density at radius 2 is 2.21 bits per heavy atom. The highest BCUT2D eigenvalue weighted by Crippen LogP contribution is 2.22. The van der Waals surface area contributed by atoms with Crippen molar-refractivity contribution in [1.82, 2.24) is 15.5 Å². The molecule has 0 bridgehead atoms. The number of carbonyl (C=O) groups excluding carboxylic acids is 1. The maximum Gasteiger partial charge on any atom is 0.257 e. The Morgan fingerprint density at radius 1 is 1.42 bits per heavy atom. The minimum Gasteiger partial charge on any atom is -0.420 e. The number of hydrogen-bond donors (Lipinski definition) is 1. The predicted octanol–water partition coefficient (Wildman–Crippen LogP) is 2.50. The first kappa shape index (κ1) is 13.7. The van der Waals surface area contributed by atoms with E-state index >= 15 is 0 Å². The van der Waals surface area contributed by atoms with Crippen molar-refractivity contribution < 1.29 is 9.21 Å². The van der Waals surface area contributed by atoms with Crippen molar-refractivity contribution in [3.8, 4) is 10.8 Å². The van der Waals surface area contributed by atoms with Crippen molar-refractivity contribution >= 4 is 17.2 Å². The maximum absolute atomic E-state index is 11.7. The molecule has 0 atom stereocenters. The third kappa shape index (κ3) is 3.64. The van der Waals surface area contributed by atoms with Crippen LogP contribution in [0.4, 0.5) is 0 Å². The molecule has 0 saturated heterocycles. The van der Waals surface area contributed by atoms with E-state index < -0.39 is 0 Å². The number of nitrogens with zero attached hydrogens (tertiary/aromatic N) is 2. The first-order valence-electron chi connectivity index (χ1n) is 6.11. The largest absolute Gasteiger partial charge is 0.420 e. The molecule has 2 aromatic rings. The summed E-state index contributed by atoms with van der Waals surface area (Å²) in [5, 5.41) is 12.8. The molecule has 2 rings (SSSR count). The summed E-state index contributed by atoms with van der Waals surface area (Å²) in [6, 6.07) is 3.87. The summed E-state index contributed by atoms with van der Waals surface area (Å²) >= 11 is 1.56. The van der Waals surface area contributed by atoms with Crippen LogP contribution >= 0.6 is 11.3 Å². The van der Waals surface area contributed by atoms with Crippen LogP contribution in [0.15, 0.2) is 21.9 Å². The van der Waals surface area contributed by atoms with Crippen LogP contribution in [0.3, 0.4) is 0 Å². The second kappa shape index (κ2) is 5.52. The summed E-state index contributed by atoms with van der Waals surface area (Å²) in [4.78, 5) is 12.6. The molecule has 0 fully saturated rings. The average molecular weight is 279 g/mol. The van der Waals surface area contributed by atoms with Gasteiger partial charge in [0.25, 0.3) is 5.89 Å². The van der Waals surface area contributed by atoms with E-state index in [1.807, 2.05) is 38.3 Å². The average Bonchev–Trinajstić information content (AvgIpc) is 2.97. The molecular weight excluding hydrogens is 262 g/mol. The third-order valence-corrected chi connectivity index (χ3v) is 3.36. The van der Waals surface area contributed by atoms with Gasteiger partial charge in [-0.15, -0.1) is 21.5 Å². The Bertz CT molecular complexity index is 540. The Morgan fingerprint density at radius 3 is 2.84 bits per heavy atom. The fourth-order valence-corrected chi connectivity index (χ4v) is 2.05. The summed E-state index contributed by atoms with van der Waals surface area (Å²) < 4.78 is 5.53. The molecule has 1 N–H and O–H groups in total. The highest BCUT2D eigenvalue weighted by atomic mass is 32.1. The fraction of sp³-hybridized carbons (Fsp3) is 0.462. The standard InChI is InChI=1S/C13H17N3O2S/c1-13(2,3)12(17)14-7-6-10-15-16-11(18-10)9-5-4-8-19-9/h4-5,8H,6-7H2,1-3H3,(H,14,17). The second-order valence-corrected chi connectivity index (χ2v) is 6.18. The fourth-order valence-electron chi connectivity index (χ4n) is 1.40. The first-order valence-corrected chi connectivity index (χ1v) is 6.99. The molecule has 2 heterocycles. The topological polar surface area (TPSA) is 68.0 Å². The highest BCUT2D eigenvalue weighted by molar-refractivity contribution is 7.13. The van der Waals surface area contributed by atoms with Crippen LogP contribution in [0.5, 0.6) is 0 Å². The van der Waals surface area contributed by atoms with Crippen LogP contribution in [0, 0.1) is 5.41 Å². The van der Waals surface area contributed by atoms with Gasteiger partial charge in [0.1, 0.15) is 0 Å². The van der Waals surface area contributed by atoms with Crippen LogP contribution in [-0.4, -0.2) is 22.6 Å². The summed E-state index contributed by atoms with van der Waals surface area (Å²) in [6.45, 7) is 6.14. The molecule has 0 aliphatic carbocycles. The van der Waals surface area contributed by atoms with E-state index in [-0.39, 0.29) is 11.3 Å². The molecular formula is C13H17N3O2S. The molecule has 2 aromatic heterocycles. The van der Waals surface area contributed by atoms with Crippen molar-refractivity contribution in [3.05, 3.63) is 23.4 Å². The maximum atomic E-state index is 11.7. The van der Waals surface area contributed by atoms with Gasteiger partial charge in [0.2, 0.25) is 11.8 Å². The van der Waals surface area contributed by atoms with Crippen molar-refractivity contribution in [1.29, 1.82) is 0 Å². The minimum atomic E-state index is -0.378. The van der Waals surface area contributed by atoms with Crippen molar-refractivity contribution in [2.75, 3.05) is 6.54 Å². The van der Waals surface area contributed by atoms with Crippen LogP contribution in [0.25, 0.3) is 10.8 Å². The van der Waals surface area contributed by atoms with Crippen molar-refractivity contribution in [3.63, 3.8) is 0 Å². The zero-order valence-corrected chi connectivity index (χ0v) is 12.1. The normalized spacial score (nSPS) is 11.5. The lowest BCUT2D eigenvalue weighted by Gasteiger charge is -2.16. The molecule has 5 nitrogen and oxygen atoms in total. The van der Waals surface area contributed by atoms with E-state index in [4.69, 9.17) is 4.42 Å². The van der Waals surface area contributed by atoms with Gasteiger partial charge in [0.15, 0.2) is 0 Å². The van der Waals surface area contributed by atoms with E-state index in [9.17, 15) is 4.79 Å². The van der Waals surface area contributed by atoms with Crippen LogP contribution in [0.2, 0.25) is 0 Å². The molecule has 0 aliphatic rings. The second-order valence-electron chi connectivity index (χ2n) is 5.23. The summed E-state index contributed by atoms with van der Waals surface area (Å²) in [7, 11) is 0. The van der Waals surface area contributed by atoms with Crippen LogP contribution < -0.4 is 5.32 Å². The monoisotopic (exact) mass is 279 g/mol. The summed E-state index contributed by atoms with van der Waals surface area (Å²) in [6.07, 6.45) is 0.542. The predicted molar refractivity (Wildman–Crippen MR) is 73.8 cm³/mol. The number of aromatic nitrogens is 2. The third-order valence-electron chi connectivity index (χ3n) is 2.50. The lowest BCUT2D eigenvalue weighted by molar-refractivity contribution is -0.128. The van der Waals surface area contributed by atoms with Gasteiger partial charge in [-0.3, -0.25) is 4.79 Å². The van der Waals surface area contributed by atoms with E-state index in [0.29, 0.717) is 24.7 Å². The molecule has 0 unspecified atom stereocenters. The SMILES string of the molecule is CC(C)(C)C(=O)NCCc1nnc(-c2cccs2)o1. The summed E-state index contributed by atoms with van der Waals surface area (Å²) in [5.74, 6) is 1.09. The molecule has 102 valence electrons. The summed E-state index contributed by atoms with van der Waals surface area (Å²) in [5.41, 5.74) is -0.378. The van der Waals surface area contributed by atoms with Gasteiger partial charge in [-0.05, 0) is 11.4 Å².